The monoisotopic (exact) mass is 362 g/mol. The Morgan fingerprint density at radius 1 is 1.00 bits per heavy atom. The molecule has 1 fully saturated rings. The van der Waals surface area contributed by atoms with E-state index in [0.717, 1.165) is 32.1 Å². The average Bonchev–Trinajstić information content (AvgIpc) is 3.19. The molecule has 1 saturated heterocycles. The molecule has 0 spiro atoms. The van der Waals surface area contributed by atoms with Crippen LogP contribution in [-0.2, 0) is 14.2 Å². The van der Waals surface area contributed by atoms with Gasteiger partial charge in [-0.05, 0) is 31.4 Å². The van der Waals surface area contributed by atoms with Crippen molar-refractivity contribution in [1.82, 2.24) is 0 Å². The third-order valence-corrected chi connectivity index (χ3v) is 4.52. The second-order valence-electron chi connectivity index (χ2n) is 6.68. The third-order valence-electron chi connectivity index (χ3n) is 4.52. The van der Waals surface area contributed by atoms with Crippen molar-refractivity contribution in [3.63, 3.8) is 0 Å². The first-order valence-corrected chi connectivity index (χ1v) is 9.77. The minimum Gasteiger partial charge on any atom is -0.462 e. The Hall–Kier alpha value is -1.88. The number of hydrogen-bond acceptors (Lipinski definition) is 5. The molecule has 0 amide bonds. The number of ether oxygens (including phenoxy) is 3. The Labute approximate surface area is 156 Å². The molecule has 0 bridgehead atoms. The number of hydrogen-bond donors (Lipinski definition) is 0. The molecule has 1 aromatic rings. The molecule has 144 valence electrons. The molecule has 2 rings (SSSR count). The van der Waals surface area contributed by atoms with Crippen molar-refractivity contribution in [1.29, 1.82) is 0 Å². The second kappa shape index (κ2) is 11.7. The normalized spacial score (nSPS) is 16.4. The fraction of sp³-hybridized carbons (Fsp3) is 0.619. The molecule has 1 aromatic carbocycles. The van der Waals surface area contributed by atoms with Gasteiger partial charge in [-0.25, -0.2) is 9.59 Å². The van der Waals surface area contributed by atoms with Crippen LogP contribution in [0.15, 0.2) is 24.3 Å². The molecule has 1 aliphatic heterocycles. The fourth-order valence-corrected chi connectivity index (χ4v) is 2.99. The lowest BCUT2D eigenvalue weighted by molar-refractivity contribution is 0.0157. The van der Waals surface area contributed by atoms with Crippen molar-refractivity contribution in [3.05, 3.63) is 35.4 Å². The van der Waals surface area contributed by atoms with Gasteiger partial charge >= 0.3 is 11.9 Å². The van der Waals surface area contributed by atoms with E-state index >= 15 is 0 Å². The fourth-order valence-electron chi connectivity index (χ4n) is 2.99. The summed E-state index contributed by atoms with van der Waals surface area (Å²) in [5, 5.41) is 0. The van der Waals surface area contributed by atoms with Gasteiger partial charge in [-0.15, -0.1) is 0 Å². The average molecular weight is 362 g/mol. The Morgan fingerprint density at radius 2 is 1.65 bits per heavy atom. The maximum Gasteiger partial charge on any atom is 0.339 e. The summed E-state index contributed by atoms with van der Waals surface area (Å²) in [4.78, 5) is 24.6. The number of benzene rings is 1. The minimum absolute atomic E-state index is 0.0363. The topological polar surface area (TPSA) is 61.8 Å². The van der Waals surface area contributed by atoms with E-state index in [1.54, 1.807) is 24.3 Å². The lowest BCUT2D eigenvalue weighted by Gasteiger charge is -2.12. The van der Waals surface area contributed by atoms with Crippen LogP contribution >= 0.6 is 0 Å². The lowest BCUT2D eigenvalue weighted by atomic mass is 10.1. The van der Waals surface area contributed by atoms with Gasteiger partial charge in [0.2, 0.25) is 0 Å². The van der Waals surface area contributed by atoms with E-state index in [-0.39, 0.29) is 23.8 Å². The first-order valence-electron chi connectivity index (χ1n) is 9.77. The summed E-state index contributed by atoms with van der Waals surface area (Å²) in [6, 6.07) is 6.64. The number of rotatable bonds is 11. The summed E-state index contributed by atoms with van der Waals surface area (Å²) >= 11 is 0. The van der Waals surface area contributed by atoms with Crippen LogP contribution in [0.25, 0.3) is 0 Å². The molecule has 0 saturated carbocycles. The molecule has 1 unspecified atom stereocenters. The smallest absolute Gasteiger partial charge is 0.339 e. The molecule has 5 heteroatoms. The quantitative estimate of drug-likeness (QED) is 0.427. The van der Waals surface area contributed by atoms with Crippen LogP contribution < -0.4 is 0 Å². The predicted octanol–water partition coefficient (Wildman–Crippen LogP) is 4.54. The third kappa shape index (κ3) is 6.79. The number of esters is 2. The summed E-state index contributed by atoms with van der Waals surface area (Å²) in [6.45, 7) is 3.50. The highest BCUT2D eigenvalue weighted by Gasteiger charge is 2.22. The Kier molecular flexibility index (Phi) is 9.18. The molecule has 0 aromatic heterocycles. The molecule has 1 atom stereocenters. The minimum atomic E-state index is -0.507. The van der Waals surface area contributed by atoms with Gasteiger partial charge in [0.1, 0.15) is 6.61 Å². The standard InChI is InChI=1S/C21H30O5/c1-2-3-4-5-6-9-14-25-20(22)18-12-7-8-13-19(18)21(23)26-16-17-11-10-15-24-17/h7-8,12-13,17H,2-6,9-11,14-16H2,1H3. The van der Waals surface area contributed by atoms with Crippen LogP contribution in [0.5, 0.6) is 0 Å². The van der Waals surface area contributed by atoms with Gasteiger partial charge in [0.05, 0.1) is 23.8 Å². The Bertz CT molecular complexity index is 563. The van der Waals surface area contributed by atoms with Gasteiger partial charge in [-0.3, -0.25) is 0 Å². The van der Waals surface area contributed by atoms with Crippen LogP contribution in [0.4, 0.5) is 0 Å². The molecule has 1 aliphatic rings. The van der Waals surface area contributed by atoms with Gasteiger partial charge in [0, 0.05) is 6.61 Å². The van der Waals surface area contributed by atoms with Crippen molar-refractivity contribution < 1.29 is 23.8 Å². The van der Waals surface area contributed by atoms with Crippen LogP contribution in [0, 0.1) is 0 Å². The highest BCUT2D eigenvalue weighted by molar-refractivity contribution is 6.03. The largest absolute Gasteiger partial charge is 0.462 e. The summed E-state index contributed by atoms with van der Waals surface area (Å²) < 4.78 is 16.1. The Morgan fingerprint density at radius 3 is 2.31 bits per heavy atom. The maximum absolute atomic E-state index is 12.3. The first kappa shape index (κ1) is 20.4. The summed E-state index contributed by atoms with van der Waals surface area (Å²) in [6.07, 6.45) is 8.61. The molecule has 5 nitrogen and oxygen atoms in total. The molecule has 1 heterocycles. The van der Waals surface area contributed by atoms with Crippen LogP contribution in [-0.4, -0.2) is 37.9 Å². The summed E-state index contributed by atoms with van der Waals surface area (Å²) in [7, 11) is 0. The first-order chi connectivity index (χ1) is 12.7. The molecule has 0 aliphatic carbocycles. The van der Waals surface area contributed by atoms with Gasteiger partial charge in [0.15, 0.2) is 0 Å². The summed E-state index contributed by atoms with van der Waals surface area (Å²) in [5.74, 6) is -0.976. The van der Waals surface area contributed by atoms with Gasteiger partial charge in [-0.2, -0.15) is 0 Å². The molecular formula is C21H30O5. The second-order valence-corrected chi connectivity index (χ2v) is 6.68. The van der Waals surface area contributed by atoms with E-state index < -0.39 is 11.9 Å². The zero-order valence-electron chi connectivity index (χ0n) is 15.7. The van der Waals surface area contributed by atoms with Crippen molar-refractivity contribution in [2.75, 3.05) is 19.8 Å². The van der Waals surface area contributed by atoms with Crippen LogP contribution in [0.3, 0.4) is 0 Å². The molecular weight excluding hydrogens is 332 g/mol. The molecule has 0 radical (unpaired) electrons. The van der Waals surface area contributed by atoms with Crippen molar-refractivity contribution in [3.8, 4) is 0 Å². The molecule has 0 N–H and O–H groups in total. The highest BCUT2D eigenvalue weighted by Crippen LogP contribution is 2.16. The van der Waals surface area contributed by atoms with E-state index in [9.17, 15) is 9.59 Å². The van der Waals surface area contributed by atoms with Gasteiger partial charge in [-0.1, -0.05) is 51.2 Å². The summed E-state index contributed by atoms with van der Waals surface area (Å²) in [5.41, 5.74) is 0.509. The number of unbranched alkanes of at least 4 members (excludes halogenated alkanes) is 5. The highest BCUT2D eigenvalue weighted by atomic mass is 16.6. The Balaban J connectivity index is 1.78. The SMILES string of the molecule is CCCCCCCCOC(=O)c1ccccc1C(=O)OCC1CCCO1. The van der Waals surface area contributed by atoms with E-state index in [0.29, 0.717) is 13.2 Å². The van der Waals surface area contributed by atoms with E-state index in [4.69, 9.17) is 14.2 Å². The van der Waals surface area contributed by atoms with E-state index in [1.165, 1.54) is 19.3 Å². The van der Waals surface area contributed by atoms with Gasteiger partial charge < -0.3 is 14.2 Å². The van der Waals surface area contributed by atoms with E-state index in [1.807, 2.05) is 0 Å². The molecule has 26 heavy (non-hydrogen) atoms. The van der Waals surface area contributed by atoms with Crippen molar-refractivity contribution in [2.45, 2.75) is 64.4 Å². The van der Waals surface area contributed by atoms with Crippen molar-refractivity contribution in [2.24, 2.45) is 0 Å². The maximum atomic E-state index is 12.3. The van der Waals surface area contributed by atoms with E-state index in [2.05, 4.69) is 6.92 Å². The number of carbonyl (C=O) groups excluding carboxylic acids is 2. The predicted molar refractivity (Wildman–Crippen MR) is 99.4 cm³/mol. The number of carbonyl (C=O) groups is 2. The van der Waals surface area contributed by atoms with Crippen molar-refractivity contribution >= 4 is 11.9 Å². The zero-order chi connectivity index (χ0) is 18.6. The van der Waals surface area contributed by atoms with Crippen LogP contribution in [0.2, 0.25) is 0 Å². The zero-order valence-corrected chi connectivity index (χ0v) is 15.7. The van der Waals surface area contributed by atoms with Gasteiger partial charge in [0.25, 0.3) is 0 Å². The lowest BCUT2D eigenvalue weighted by Crippen LogP contribution is -2.20. The van der Waals surface area contributed by atoms with Crippen LogP contribution in [0.1, 0.15) is 79.0 Å².